The lowest BCUT2D eigenvalue weighted by molar-refractivity contribution is 0.533. The Morgan fingerprint density at radius 1 is 1.14 bits per heavy atom. The van der Waals surface area contributed by atoms with Gasteiger partial charge in [0.2, 0.25) is 5.95 Å². The van der Waals surface area contributed by atoms with E-state index in [0.29, 0.717) is 17.5 Å². The summed E-state index contributed by atoms with van der Waals surface area (Å²) in [4.78, 5) is 34.3. The van der Waals surface area contributed by atoms with Gasteiger partial charge >= 0.3 is 5.69 Å². The standard InChI is InChI=1S/C19H20N8O/c1-26-14-3-2-10(4-13(14)23-19(26)28)15-16-17(22-9-21-16)25-18(24-15)27-7-11-5-20-6-12(11)8-27/h2-4,9,11-12,20H,5-8H2,1H3,(H,23,28)(H,21,22,24,25). The topological polar surface area (TPSA) is 108 Å². The molecule has 28 heavy (non-hydrogen) atoms. The lowest BCUT2D eigenvalue weighted by atomic mass is 10.0. The Bertz CT molecular complexity index is 1260. The fourth-order valence-electron chi connectivity index (χ4n) is 4.58. The van der Waals surface area contributed by atoms with Crippen molar-refractivity contribution in [2.75, 3.05) is 31.1 Å². The summed E-state index contributed by atoms with van der Waals surface area (Å²) in [5.74, 6) is 2.05. The highest BCUT2D eigenvalue weighted by Crippen LogP contribution is 2.32. The predicted octanol–water partition coefficient (Wildman–Crippen LogP) is 0.856. The van der Waals surface area contributed by atoms with Crippen LogP contribution in [0, 0.1) is 11.8 Å². The molecule has 142 valence electrons. The zero-order valence-corrected chi connectivity index (χ0v) is 15.4. The van der Waals surface area contributed by atoms with Gasteiger partial charge in [-0.05, 0) is 24.0 Å². The Hall–Kier alpha value is -3.20. The number of anilines is 1. The molecule has 9 nitrogen and oxygen atoms in total. The monoisotopic (exact) mass is 376 g/mol. The van der Waals surface area contributed by atoms with Crippen LogP contribution in [0.1, 0.15) is 0 Å². The molecule has 0 saturated carbocycles. The number of hydrogen-bond acceptors (Lipinski definition) is 6. The highest BCUT2D eigenvalue weighted by atomic mass is 16.1. The second-order valence-electron chi connectivity index (χ2n) is 7.78. The molecular formula is C19H20N8O. The maximum absolute atomic E-state index is 11.9. The zero-order valence-electron chi connectivity index (χ0n) is 15.4. The van der Waals surface area contributed by atoms with Crippen LogP contribution in [0.3, 0.4) is 0 Å². The van der Waals surface area contributed by atoms with Gasteiger partial charge in [0.05, 0.1) is 17.4 Å². The zero-order chi connectivity index (χ0) is 18.8. The van der Waals surface area contributed by atoms with Gasteiger partial charge in [0.1, 0.15) is 11.2 Å². The van der Waals surface area contributed by atoms with Crippen molar-refractivity contribution in [3.8, 4) is 11.3 Å². The van der Waals surface area contributed by atoms with Crippen molar-refractivity contribution in [1.82, 2.24) is 34.8 Å². The average Bonchev–Trinajstić information content (AvgIpc) is 3.44. The Labute approximate surface area is 159 Å². The molecule has 0 radical (unpaired) electrons. The molecule has 2 atom stereocenters. The maximum Gasteiger partial charge on any atom is 0.326 e. The molecule has 9 heteroatoms. The maximum atomic E-state index is 11.9. The van der Waals surface area contributed by atoms with Crippen LogP contribution < -0.4 is 15.9 Å². The van der Waals surface area contributed by atoms with Gasteiger partial charge in [0.15, 0.2) is 5.65 Å². The fourth-order valence-corrected chi connectivity index (χ4v) is 4.58. The van der Waals surface area contributed by atoms with E-state index in [0.717, 1.165) is 59.9 Å². The van der Waals surface area contributed by atoms with E-state index < -0.39 is 0 Å². The molecule has 6 rings (SSSR count). The van der Waals surface area contributed by atoms with Gasteiger partial charge in [-0.25, -0.2) is 14.8 Å². The third-order valence-corrected chi connectivity index (χ3v) is 6.12. The van der Waals surface area contributed by atoms with Gasteiger partial charge in [0.25, 0.3) is 0 Å². The summed E-state index contributed by atoms with van der Waals surface area (Å²) in [7, 11) is 1.76. The lowest BCUT2D eigenvalue weighted by Crippen LogP contribution is -2.27. The van der Waals surface area contributed by atoms with Crippen LogP contribution in [-0.2, 0) is 7.05 Å². The molecule has 2 aliphatic heterocycles. The van der Waals surface area contributed by atoms with Crippen LogP contribution in [0.4, 0.5) is 5.95 Å². The number of nitrogens with zero attached hydrogens (tertiary/aromatic N) is 5. The molecule has 3 N–H and O–H groups in total. The van der Waals surface area contributed by atoms with E-state index in [2.05, 4.69) is 25.2 Å². The van der Waals surface area contributed by atoms with Gasteiger partial charge in [-0.1, -0.05) is 6.07 Å². The first-order chi connectivity index (χ1) is 13.7. The molecule has 0 bridgehead atoms. The van der Waals surface area contributed by atoms with Gasteiger partial charge < -0.3 is 20.2 Å². The Balaban J connectivity index is 1.49. The number of fused-ring (bicyclic) bond motifs is 3. The molecule has 2 aliphatic rings. The summed E-state index contributed by atoms with van der Waals surface area (Å²) >= 11 is 0. The second-order valence-corrected chi connectivity index (χ2v) is 7.78. The second kappa shape index (κ2) is 5.65. The minimum atomic E-state index is -0.126. The third-order valence-electron chi connectivity index (χ3n) is 6.12. The van der Waals surface area contributed by atoms with Crippen molar-refractivity contribution in [2.24, 2.45) is 18.9 Å². The molecular weight excluding hydrogens is 356 g/mol. The number of hydrogen-bond donors (Lipinski definition) is 3. The Kier molecular flexibility index (Phi) is 3.19. The molecule has 2 unspecified atom stereocenters. The molecule has 0 spiro atoms. The molecule has 1 aromatic carbocycles. The van der Waals surface area contributed by atoms with E-state index >= 15 is 0 Å². The minimum absolute atomic E-state index is 0.126. The summed E-state index contributed by atoms with van der Waals surface area (Å²) in [5, 5.41) is 3.47. The van der Waals surface area contributed by atoms with E-state index in [1.54, 1.807) is 17.9 Å². The number of imidazole rings is 2. The van der Waals surface area contributed by atoms with Gasteiger partial charge in [-0.15, -0.1) is 0 Å². The number of benzene rings is 1. The summed E-state index contributed by atoms with van der Waals surface area (Å²) in [6.07, 6.45) is 1.65. The predicted molar refractivity (Wildman–Crippen MR) is 106 cm³/mol. The largest absolute Gasteiger partial charge is 0.341 e. The molecule has 3 aromatic heterocycles. The molecule has 5 heterocycles. The highest BCUT2D eigenvalue weighted by Gasteiger charge is 2.37. The third kappa shape index (κ3) is 2.22. The first-order valence-corrected chi connectivity index (χ1v) is 9.53. The first-order valence-electron chi connectivity index (χ1n) is 9.53. The van der Waals surface area contributed by atoms with Crippen molar-refractivity contribution < 1.29 is 0 Å². The van der Waals surface area contributed by atoms with E-state index in [1.807, 2.05) is 18.2 Å². The smallest absolute Gasteiger partial charge is 0.326 e. The number of aromatic amines is 2. The average molecular weight is 376 g/mol. The molecule has 0 amide bonds. The number of aromatic nitrogens is 6. The minimum Gasteiger partial charge on any atom is -0.341 e. The molecule has 4 aromatic rings. The summed E-state index contributed by atoms with van der Waals surface area (Å²) in [5.41, 5.74) is 4.73. The van der Waals surface area contributed by atoms with Crippen LogP contribution in [0.2, 0.25) is 0 Å². The number of rotatable bonds is 2. The number of nitrogens with one attached hydrogen (secondary N) is 3. The van der Waals surface area contributed by atoms with Crippen molar-refractivity contribution in [2.45, 2.75) is 0 Å². The van der Waals surface area contributed by atoms with Crippen molar-refractivity contribution >= 4 is 28.1 Å². The summed E-state index contributed by atoms with van der Waals surface area (Å²) in [6, 6.07) is 5.90. The first kappa shape index (κ1) is 15.8. The summed E-state index contributed by atoms with van der Waals surface area (Å²) in [6.45, 7) is 4.07. The van der Waals surface area contributed by atoms with E-state index in [1.165, 1.54) is 0 Å². The van der Waals surface area contributed by atoms with E-state index in [-0.39, 0.29) is 5.69 Å². The van der Waals surface area contributed by atoms with Crippen LogP contribution in [-0.4, -0.2) is 55.7 Å². The van der Waals surface area contributed by atoms with Crippen molar-refractivity contribution in [3.63, 3.8) is 0 Å². The van der Waals surface area contributed by atoms with Crippen LogP contribution in [0.25, 0.3) is 33.5 Å². The molecule has 0 aliphatic carbocycles. The van der Waals surface area contributed by atoms with Gasteiger partial charge in [0, 0.05) is 38.8 Å². The number of H-pyrrole nitrogens is 2. The lowest BCUT2D eigenvalue weighted by Gasteiger charge is -2.18. The molecule has 2 fully saturated rings. The van der Waals surface area contributed by atoms with Gasteiger partial charge in [-0.3, -0.25) is 4.57 Å². The van der Waals surface area contributed by atoms with Crippen LogP contribution >= 0.6 is 0 Å². The van der Waals surface area contributed by atoms with E-state index in [9.17, 15) is 4.79 Å². The van der Waals surface area contributed by atoms with E-state index in [4.69, 9.17) is 9.97 Å². The van der Waals surface area contributed by atoms with Crippen LogP contribution in [0.5, 0.6) is 0 Å². The normalized spacial score (nSPS) is 21.8. The van der Waals surface area contributed by atoms with Crippen molar-refractivity contribution in [1.29, 1.82) is 0 Å². The van der Waals surface area contributed by atoms with Gasteiger partial charge in [-0.2, -0.15) is 4.98 Å². The quantitative estimate of drug-likeness (QED) is 0.479. The highest BCUT2D eigenvalue weighted by molar-refractivity contribution is 5.91. The fraction of sp³-hybridized carbons (Fsp3) is 0.368. The Morgan fingerprint density at radius 2 is 1.96 bits per heavy atom. The molecule has 2 saturated heterocycles. The summed E-state index contributed by atoms with van der Waals surface area (Å²) < 4.78 is 1.60. The Morgan fingerprint density at radius 3 is 2.79 bits per heavy atom. The SMILES string of the molecule is Cn1c(=O)[nH]c2cc(-c3nc(N4CC5CNCC5C4)nc4nc[nH]c34)ccc21. The number of aryl methyl sites for hydroxylation is 1. The van der Waals surface area contributed by atoms with Crippen LogP contribution in [0.15, 0.2) is 29.3 Å². The van der Waals surface area contributed by atoms with Crippen molar-refractivity contribution in [3.05, 3.63) is 35.0 Å².